The molecule has 0 saturated carbocycles. The maximum absolute atomic E-state index is 5.60. The first-order valence-corrected chi connectivity index (χ1v) is 6.04. The number of methoxy groups -OCH3 is 1. The summed E-state index contributed by atoms with van der Waals surface area (Å²) in [5, 5.41) is 4.38. The molecule has 5 nitrogen and oxygen atoms in total. The summed E-state index contributed by atoms with van der Waals surface area (Å²) < 4.78 is 13.4. The van der Waals surface area contributed by atoms with Crippen molar-refractivity contribution >= 4 is 21.7 Å². The fourth-order valence-electron chi connectivity index (χ4n) is 1.68. The molecule has 1 aromatic heterocycles. The first-order chi connectivity index (χ1) is 7.70. The number of hydrogen-bond acceptors (Lipinski definition) is 4. The Morgan fingerprint density at radius 2 is 2.25 bits per heavy atom. The van der Waals surface area contributed by atoms with Gasteiger partial charge in [-0.15, -0.1) is 0 Å². The Labute approximate surface area is 103 Å². The molecule has 1 saturated heterocycles. The van der Waals surface area contributed by atoms with Crippen molar-refractivity contribution in [1.29, 1.82) is 0 Å². The Balaban J connectivity index is 1.77. The summed E-state index contributed by atoms with van der Waals surface area (Å²) in [5.74, 6) is 0.995. The maximum Gasteiger partial charge on any atom is 0.165 e. The van der Waals surface area contributed by atoms with Crippen molar-refractivity contribution in [2.75, 3.05) is 38.3 Å². The lowest BCUT2D eigenvalue weighted by molar-refractivity contribution is 0.00369. The highest BCUT2D eigenvalue weighted by molar-refractivity contribution is 9.10. The Bertz CT molecular complexity index is 350. The lowest BCUT2D eigenvalue weighted by atomic mass is 10.2. The van der Waals surface area contributed by atoms with Crippen molar-refractivity contribution in [3.8, 4) is 0 Å². The molecule has 1 fully saturated rings. The van der Waals surface area contributed by atoms with E-state index in [1.54, 1.807) is 11.8 Å². The summed E-state index contributed by atoms with van der Waals surface area (Å²) in [6.07, 6.45) is 2.26. The fourth-order valence-corrected chi connectivity index (χ4v) is 2.30. The summed E-state index contributed by atoms with van der Waals surface area (Å²) in [7, 11) is 3.60. The van der Waals surface area contributed by atoms with E-state index < -0.39 is 0 Å². The first kappa shape index (κ1) is 11.9. The van der Waals surface area contributed by atoms with Gasteiger partial charge >= 0.3 is 0 Å². The molecular weight excluding hydrogens is 274 g/mol. The predicted molar refractivity (Wildman–Crippen MR) is 64.7 cm³/mol. The molecule has 0 aromatic carbocycles. The standard InChI is InChI=1S/C10H16BrN3O2/c1-13-7-9(11)10(12-13)14-5-8(6-14)16-4-3-15-2/h7-8H,3-6H2,1-2H3. The largest absolute Gasteiger partial charge is 0.382 e. The van der Waals surface area contributed by atoms with Gasteiger partial charge in [0.2, 0.25) is 0 Å². The van der Waals surface area contributed by atoms with E-state index in [1.807, 2.05) is 13.2 Å². The van der Waals surface area contributed by atoms with Crippen LogP contribution in [0.2, 0.25) is 0 Å². The topological polar surface area (TPSA) is 39.5 Å². The molecule has 1 aliphatic rings. The van der Waals surface area contributed by atoms with E-state index in [0.29, 0.717) is 19.3 Å². The van der Waals surface area contributed by atoms with Crippen LogP contribution in [0.1, 0.15) is 0 Å². The van der Waals surface area contributed by atoms with Gasteiger partial charge in [-0.2, -0.15) is 5.10 Å². The minimum Gasteiger partial charge on any atom is -0.382 e. The number of ether oxygens (including phenoxy) is 2. The fraction of sp³-hybridized carbons (Fsp3) is 0.700. The Kier molecular flexibility index (Phi) is 3.83. The van der Waals surface area contributed by atoms with E-state index in [4.69, 9.17) is 9.47 Å². The van der Waals surface area contributed by atoms with E-state index in [0.717, 1.165) is 23.4 Å². The van der Waals surface area contributed by atoms with Crippen LogP contribution < -0.4 is 4.90 Å². The van der Waals surface area contributed by atoms with Crippen molar-refractivity contribution in [2.45, 2.75) is 6.10 Å². The zero-order valence-electron chi connectivity index (χ0n) is 9.52. The molecule has 0 N–H and O–H groups in total. The Morgan fingerprint density at radius 1 is 1.50 bits per heavy atom. The second-order valence-electron chi connectivity index (χ2n) is 3.86. The van der Waals surface area contributed by atoms with Crippen LogP contribution in [0.5, 0.6) is 0 Å². The smallest absolute Gasteiger partial charge is 0.165 e. The van der Waals surface area contributed by atoms with Gasteiger partial charge in [-0.05, 0) is 15.9 Å². The quantitative estimate of drug-likeness (QED) is 0.760. The molecular formula is C10H16BrN3O2. The van der Waals surface area contributed by atoms with E-state index in [9.17, 15) is 0 Å². The molecule has 16 heavy (non-hydrogen) atoms. The molecule has 0 spiro atoms. The molecule has 0 unspecified atom stereocenters. The zero-order chi connectivity index (χ0) is 11.5. The van der Waals surface area contributed by atoms with Crippen LogP contribution in [0.4, 0.5) is 5.82 Å². The molecule has 0 radical (unpaired) electrons. The molecule has 0 aliphatic carbocycles. The second-order valence-corrected chi connectivity index (χ2v) is 4.72. The Hall–Kier alpha value is -0.590. The zero-order valence-corrected chi connectivity index (χ0v) is 11.1. The monoisotopic (exact) mass is 289 g/mol. The van der Waals surface area contributed by atoms with Crippen LogP contribution >= 0.6 is 15.9 Å². The second kappa shape index (κ2) is 5.16. The molecule has 0 bridgehead atoms. The van der Waals surface area contributed by atoms with Crippen LogP contribution in [0.25, 0.3) is 0 Å². The van der Waals surface area contributed by atoms with Crippen LogP contribution in [0.15, 0.2) is 10.7 Å². The molecule has 2 rings (SSSR count). The van der Waals surface area contributed by atoms with Gasteiger partial charge in [0.05, 0.1) is 23.8 Å². The third-order valence-corrected chi connectivity index (χ3v) is 3.11. The maximum atomic E-state index is 5.60. The van der Waals surface area contributed by atoms with Crippen molar-refractivity contribution in [3.05, 3.63) is 10.7 Å². The van der Waals surface area contributed by atoms with E-state index >= 15 is 0 Å². The SMILES string of the molecule is COCCOC1CN(c2nn(C)cc2Br)C1. The van der Waals surface area contributed by atoms with Crippen LogP contribution in [0, 0.1) is 0 Å². The van der Waals surface area contributed by atoms with E-state index in [2.05, 4.69) is 25.9 Å². The van der Waals surface area contributed by atoms with Crippen LogP contribution in [-0.2, 0) is 16.5 Å². The number of aromatic nitrogens is 2. The summed E-state index contributed by atoms with van der Waals surface area (Å²) in [5.41, 5.74) is 0. The lowest BCUT2D eigenvalue weighted by Gasteiger charge is -2.39. The van der Waals surface area contributed by atoms with E-state index in [1.165, 1.54) is 0 Å². The average molecular weight is 290 g/mol. The molecule has 90 valence electrons. The molecule has 0 amide bonds. The third-order valence-electron chi connectivity index (χ3n) is 2.55. The predicted octanol–water partition coefficient (Wildman–Crippen LogP) is 1.03. The first-order valence-electron chi connectivity index (χ1n) is 5.25. The minimum atomic E-state index is 0.309. The van der Waals surface area contributed by atoms with Crippen LogP contribution in [-0.4, -0.2) is 49.3 Å². The normalized spacial score (nSPS) is 16.6. The van der Waals surface area contributed by atoms with Crippen molar-refractivity contribution in [2.24, 2.45) is 7.05 Å². The van der Waals surface area contributed by atoms with Crippen LogP contribution in [0.3, 0.4) is 0 Å². The average Bonchev–Trinajstić information content (AvgIpc) is 2.49. The molecule has 2 heterocycles. The number of anilines is 1. The highest BCUT2D eigenvalue weighted by Gasteiger charge is 2.30. The minimum absolute atomic E-state index is 0.309. The molecule has 1 aromatic rings. The van der Waals surface area contributed by atoms with E-state index in [-0.39, 0.29) is 0 Å². The summed E-state index contributed by atoms with van der Waals surface area (Å²) in [6.45, 7) is 3.13. The molecule has 6 heteroatoms. The summed E-state index contributed by atoms with van der Waals surface area (Å²) >= 11 is 3.49. The number of nitrogens with zero attached hydrogens (tertiary/aromatic N) is 3. The summed E-state index contributed by atoms with van der Waals surface area (Å²) in [4.78, 5) is 2.20. The van der Waals surface area contributed by atoms with Gasteiger partial charge < -0.3 is 14.4 Å². The van der Waals surface area contributed by atoms with Gasteiger partial charge in [0.15, 0.2) is 5.82 Å². The number of hydrogen-bond donors (Lipinski definition) is 0. The highest BCUT2D eigenvalue weighted by atomic mass is 79.9. The van der Waals surface area contributed by atoms with Gasteiger partial charge in [0, 0.05) is 33.4 Å². The Morgan fingerprint density at radius 3 is 2.81 bits per heavy atom. The number of halogens is 1. The van der Waals surface area contributed by atoms with Gasteiger partial charge in [-0.3, -0.25) is 4.68 Å². The number of rotatable bonds is 5. The highest BCUT2D eigenvalue weighted by Crippen LogP contribution is 2.28. The van der Waals surface area contributed by atoms with Gasteiger partial charge in [-0.1, -0.05) is 0 Å². The van der Waals surface area contributed by atoms with Crippen molar-refractivity contribution in [3.63, 3.8) is 0 Å². The van der Waals surface area contributed by atoms with Gasteiger partial charge in [0.25, 0.3) is 0 Å². The van der Waals surface area contributed by atoms with Gasteiger partial charge in [0.1, 0.15) is 0 Å². The third kappa shape index (κ3) is 2.56. The molecule has 1 aliphatic heterocycles. The van der Waals surface area contributed by atoms with Crippen molar-refractivity contribution < 1.29 is 9.47 Å². The molecule has 0 atom stereocenters. The van der Waals surface area contributed by atoms with Crippen molar-refractivity contribution in [1.82, 2.24) is 9.78 Å². The summed E-state index contributed by atoms with van der Waals surface area (Å²) in [6, 6.07) is 0. The van der Waals surface area contributed by atoms with Gasteiger partial charge in [-0.25, -0.2) is 0 Å². The number of aryl methyl sites for hydroxylation is 1. The lowest BCUT2D eigenvalue weighted by Crippen LogP contribution is -2.53.